The van der Waals surface area contributed by atoms with Crippen molar-refractivity contribution in [2.45, 2.75) is 66.7 Å². The summed E-state index contributed by atoms with van der Waals surface area (Å²) >= 11 is 0. The number of nitrogens with one attached hydrogen (secondary N) is 1. The van der Waals surface area contributed by atoms with Gasteiger partial charge in [-0.2, -0.15) is 0 Å². The van der Waals surface area contributed by atoms with E-state index in [0.717, 1.165) is 26.0 Å². The van der Waals surface area contributed by atoms with E-state index in [1.54, 1.807) is 7.11 Å². The van der Waals surface area contributed by atoms with Gasteiger partial charge in [0.15, 0.2) is 0 Å². The number of ether oxygens (including phenoxy) is 1. The van der Waals surface area contributed by atoms with Crippen LogP contribution in [0.3, 0.4) is 0 Å². The minimum Gasteiger partial charge on any atom is -0.385 e. The highest BCUT2D eigenvalue weighted by Crippen LogP contribution is 1.98. The van der Waals surface area contributed by atoms with E-state index in [9.17, 15) is 4.79 Å². The van der Waals surface area contributed by atoms with Crippen molar-refractivity contribution in [1.29, 1.82) is 0 Å². The number of amides is 1. The van der Waals surface area contributed by atoms with E-state index in [-0.39, 0.29) is 5.91 Å². The van der Waals surface area contributed by atoms with Crippen LogP contribution in [0.1, 0.15) is 66.7 Å². The van der Waals surface area contributed by atoms with Gasteiger partial charge in [-0.15, -0.1) is 0 Å². The summed E-state index contributed by atoms with van der Waals surface area (Å²) in [6.07, 6.45) is 5.15. The van der Waals surface area contributed by atoms with E-state index in [1.165, 1.54) is 12.8 Å². The van der Waals surface area contributed by atoms with Crippen molar-refractivity contribution < 1.29 is 9.53 Å². The molecule has 0 rings (SSSR count). The highest BCUT2D eigenvalue weighted by atomic mass is 16.5. The first kappa shape index (κ1) is 21.7. The minimum absolute atomic E-state index is 0.150. The van der Waals surface area contributed by atoms with E-state index in [1.807, 2.05) is 34.6 Å². The molecule has 0 heterocycles. The Balaban J connectivity index is -0.000000439. The molecule has 0 aromatic rings. The Hall–Kier alpha value is -0.570. The Bertz CT molecular complexity index is 127. The lowest BCUT2D eigenvalue weighted by atomic mass is 10.2. The Labute approximate surface area is 108 Å². The minimum atomic E-state index is 0.150. The van der Waals surface area contributed by atoms with E-state index >= 15 is 0 Å². The molecule has 3 nitrogen and oxygen atoms in total. The second-order valence-corrected chi connectivity index (χ2v) is 3.11. The molecule has 17 heavy (non-hydrogen) atoms. The van der Waals surface area contributed by atoms with Gasteiger partial charge in [-0.3, -0.25) is 4.79 Å². The Kier molecular flexibility index (Phi) is 31.4. The van der Waals surface area contributed by atoms with Gasteiger partial charge in [0, 0.05) is 26.7 Å². The maximum atomic E-state index is 10.8. The normalized spacial score (nSPS) is 8.35. The zero-order valence-electron chi connectivity index (χ0n) is 12.8. The third-order valence-corrected chi connectivity index (χ3v) is 1.92. The van der Waals surface area contributed by atoms with Crippen LogP contribution in [0, 0.1) is 0 Å². The summed E-state index contributed by atoms with van der Waals surface area (Å²) in [5.41, 5.74) is 0. The Morgan fingerprint density at radius 1 is 1.00 bits per heavy atom. The van der Waals surface area contributed by atoms with Crippen molar-refractivity contribution in [3.05, 3.63) is 0 Å². The molecule has 0 spiro atoms. The van der Waals surface area contributed by atoms with Gasteiger partial charge in [-0.1, -0.05) is 47.5 Å². The zero-order chi connectivity index (χ0) is 13.9. The molecule has 1 N–H and O–H groups in total. The lowest BCUT2D eigenvalue weighted by Gasteiger charge is -2.02. The van der Waals surface area contributed by atoms with Crippen LogP contribution in [0.15, 0.2) is 0 Å². The van der Waals surface area contributed by atoms with Crippen molar-refractivity contribution in [3.8, 4) is 0 Å². The summed E-state index contributed by atoms with van der Waals surface area (Å²) in [5, 5.41) is 2.85. The van der Waals surface area contributed by atoms with Gasteiger partial charge in [0.2, 0.25) is 5.91 Å². The highest BCUT2D eigenvalue weighted by molar-refractivity contribution is 5.75. The third kappa shape index (κ3) is 25.6. The predicted octanol–water partition coefficient (Wildman–Crippen LogP) is 3.77. The SMILES string of the molecule is CC.CC.CCC(=O)NCCCCCCOC. The third-order valence-electron chi connectivity index (χ3n) is 1.92. The van der Waals surface area contributed by atoms with Crippen molar-refractivity contribution >= 4 is 5.91 Å². The molecule has 1 amide bonds. The van der Waals surface area contributed by atoms with Crippen LogP contribution in [0.2, 0.25) is 0 Å². The summed E-state index contributed by atoms with van der Waals surface area (Å²) in [6.45, 7) is 11.5. The molecule has 0 atom stereocenters. The molecule has 0 saturated heterocycles. The largest absolute Gasteiger partial charge is 0.385 e. The summed E-state index contributed by atoms with van der Waals surface area (Å²) < 4.78 is 4.93. The first-order valence-electron chi connectivity index (χ1n) is 7.07. The molecule has 0 unspecified atom stereocenters. The van der Waals surface area contributed by atoms with Crippen molar-refractivity contribution in [2.24, 2.45) is 0 Å². The molecule has 3 heteroatoms. The maximum absolute atomic E-state index is 10.8. The fourth-order valence-corrected chi connectivity index (χ4v) is 1.08. The molecule has 0 bridgehead atoms. The molecular formula is C14H33NO2. The van der Waals surface area contributed by atoms with E-state index in [2.05, 4.69) is 5.32 Å². The number of methoxy groups -OCH3 is 1. The van der Waals surface area contributed by atoms with Gasteiger partial charge in [0.05, 0.1) is 0 Å². The second kappa shape index (κ2) is 24.6. The quantitative estimate of drug-likeness (QED) is 0.663. The topological polar surface area (TPSA) is 38.3 Å². The number of rotatable bonds is 8. The van der Waals surface area contributed by atoms with Crippen molar-refractivity contribution in [3.63, 3.8) is 0 Å². The summed E-state index contributed by atoms with van der Waals surface area (Å²) in [6, 6.07) is 0. The van der Waals surface area contributed by atoms with Crippen LogP contribution >= 0.6 is 0 Å². The molecule has 0 aromatic carbocycles. The predicted molar refractivity (Wildman–Crippen MR) is 76.3 cm³/mol. The molecular weight excluding hydrogens is 214 g/mol. The van der Waals surface area contributed by atoms with Gasteiger partial charge in [0.1, 0.15) is 0 Å². The maximum Gasteiger partial charge on any atom is 0.219 e. The summed E-state index contributed by atoms with van der Waals surface area (Å²) in [5.74, 6) is 0.150. The lowest BCUT2D eigenvalue weighted by Crippen LogP contribution is -2.23. The van der Waals surface area contributed by atoms with Gasteiger partial charge < -0.3 is 10.1 Å². The molecule has 0 aliphatic rings. The fraction of sp³-hybridized carbons (Fsp3) is 0.929. The number of carbonyl (C=O) groups excluding carboxylic acids is 1. The smallest absolute Gasteiger partial charge is 0.219 e. The van der Waals surface area contributed by atoms with E-state index < -0.39 is 0 Å². The summed E-state index contributed by atoms with van der Waals surface area (Å²) in [7, 11) is 1.72. The van der Waals surface area contributed by atoms with Gasteiger partial charge in [0.25, 0.3) is 0 Å². The average molecular weight is 247 g/mol. The van der Waals surface area contributed by atoms with Crippen LogP contribution in [-0.4, -0.2) is 26.2 Å². The molecule has 0 aromatic heterocycles. The first-order chi connectivity index (χ1) is 8.31. The van der Waals surface area contributed by atoms with Crippen molar-refractivity contribution in [1.82, 2.24) is 5.32 Å². The number of carbonyl (C=O) groups is 1. The Morgan fingerprint density at radius 2 is 1.53 bits per heavy atom. The van der Waals surface area contributed by atoms with Gasteiger partial charge in [-0.05, 0) is 12.8 Å². The van der Waals surface area contributed by atoms with Crippen LogP contribution in [0.4, 0.5) is 0 Å². The molecule has 0 aliphatic carbocycles. The van der Waals surface area contributed by atoms with E-state index in [4.69, 9.17) is 4.74 Å². The number of unbranched alkanes of at least 4 members (excludes halogenated alkanes) is 3. The fourth-order valence-electron chi connectivity index (χ4n) is 1.08. The van der Waals surface area contributed by atoms with E-state index in [0.29, 0.717) is 6.42 Å². The standard InChI is InChI=1S/C10H21NO2.2C2H6/c1-3-10(12)11-8-6-4-5-7-9-13-2;2*1-2/h3-9H2,1-2H3,(H,11,12);2*1-2H3. The second-order valence-electron chi connectivity index (χ2n) is 3.11. The van der Waals surface area contributed by atoms with Crippen LogP contribution in [0.25, 0.3) is 0 Å². The van der Waals surface area contributed by atoms with Crippen LogP contribution in [0.5, 0.6) is 0 Å². The highest BCUT2D eigenvalue weighted by Gasteiger charge is 1.94. The average Bonchev–Trinajstić information content (AvgIpc) is 2.42. The number of hydrogen-bond donors (Lipinski definition) is 1. The molecule has 0 fully saturated rings. The van der Waals surface area contributed by atoms with Crippen LogP contribution < -0.4 is 5.32 Å². The number of hydrogen-bond acceptors (Lipinski definition) is 2. The molecule has 106 valence electrons. The Morgan fingerprint density at radius 3 is 2.00 bits per heavy atom. The zero-order valence-corrected chi connectivity index (χ0v) is 12.8. The lowest BCUT2D eigenvalue weighted by molar-refractivity contribution is -0.120. The molecule has 0 radical (unpaired) electrons. The first-order valence-corrected chi connectivity index (χ1v) is 7.07. The van der Waals surface area contributed by atoms with Crippen LogP contribution in [-0.2, 0) is 9.53 Å². The monoisotopic (exact) mass is 247 g/mol. The van der Waals surface area contributed by atoms with Gasteiger partial charge in [-0.25, -0.2) is 0 Å². The summed E-state index contributed by atoms with van der Waals surface area (Å²) in [4.78, 5) is 10.8. The van der Waals surface area contributed by atoms with Gasteiger partial charge >= 0.3 is 0 Å². The van der Waals surface area contributed by atoms with Crippen molar-refractivity contribution in [2.75, 3.05) is 20.3 Å². The molecule has 0 aliphatic heterocycles. The molecule has 0 saturated carbocycles.